The highest BCUT2D eigenvalue weighted by atomic mass is 15.3. The summed E-state index contributed by atoms with van der Waals surface area (Å²) in [5.74, 6) is 0. The summed E-state index contributed by atoms with van der Waals surface area (Å²) in [5.41, 5.74) is 1.39. The van der Waals surface area contributed by atoms with Crippen LogP contribution in [0.1, 0.15) is 102 Å². The van der Waals surface area contributed by atoms with Crippen molar-refractivity contribution in [2.45, 2.75) is 103 Å². The summed E-state index contributed by atoms with van der Waals surface area (Å²) in [7, 11) is 0. The molecule has 0 unspecified atom stereocenters. The molecule has 1 aromatic rings. The molecule has 0 aromatic heterocycles. The molecule has 0 saturated heterocycles. The van der Waals surface area contributed by atoms with E-state index in [2.05, 4.69) is 59.5 Å². The Kier molecular flexibility index (Phi) is 12.6. The fraction of sp³-hybridized carbons (Fsp3) is 0.692. The van der Waals surface area contributed by atoms with Gasteiger partial charge in [-0.3, -0.25) is 0 Å². The van der Waals surface area contributed by atoms with E-state index in [1.54, 1.807) is 0 Å². The highest BCUT2D eigenvalue weighted by molar-refractivity contribution is 5.15. The molecule has 1 aliphatic heterocycles. The average molecular weight is 385 g/mol. The van der Waals surface area contributed by atoms with E-state index in [0.717, 1.165) is 13.2 Å². The van der Waals surface area contributed by atoms with Gasteiger partial charge in [0, 0.05) is 25.5 Å². The Bertz CT molecular complexity index is 496. The summed E-state index contributed by atoms with van der Waals surface area (Å²) < 4.78 is 0. The highest BCUT2D eigenvalue weighted by Gasteiger charge is 2.11. The van der Waals surface area contributed by atoms with Crippen molar-refractivity contribution in [3.8, 4) is 0 Å². The minimum Gasteiger partial charge on any atom is -0.359 e. The average Bonchev–Trinajstić information content (AvgIpc) is 3.16. The summed E-state index contributed by atoms with van der Waals surface area (Å²) in [6, 6.07) is 10.8. The molecule has 0 bridgehead atoms. The molecule has 1 heterocycles. The van der Waals surface area contributed by atoms with Crippen LogP contribution >= 0.6 is 0 Å². The van der Waals surface area contributed by atoms with Gasteiger partial charge in [-0.1, -0.05) is 121 Å². The van der Waals surface area contributed by atoms with Crippen molar-refractivity contribution in [3.63, 3.8) is 0 Å². The van der Waals surface area contributed by atoms with Gasteiger partial charge in [-0.2, -0.15) is 0 Å². The fourth-order valence-electron chi connectivity index (χ4n) is 4.09. The van der Waals surface area contributed by atoms with E-state index in [1.807, 2.05) is 0 Å². The second-order valence-corrected chi connectivity index (χ2v) is 8.58. The molecule has 0 aliphatic carbocycles. The first-order valence-corrected chi connectivity index (χ1v) is 12.1. The first-order valence-electron chi connectivity index (χ1n) is 12.1. The largest absolute Gasteiger partial charge is 0.359 e. The Morgan fingerprint density at radius 1 is 0.607 bits per heavy atom. The number of nitrogens with zero attached hydrogens (tertiary/aromatic N) is 2. The van der Waals surface area contributed by atoms with Gasteiger partial charge in [0.15, 0.2) is 0 Å². The van der Waals surface area contributed by atoms with E-state index >= 15 is 0 Å². The SMILES string of the molecule is CCCCCCCCCCCCCCCCN1C=CN(Cc2ccccc2)C1. The molecular formula is C26H44N2. The van der Waals surface area contributed by atoms with Crippen molar-refractivity contribution < 1.29 is 0 Å². The van der Waals surface area contributed by atoms with Crippen LogP contribution in [0.3, 0.4) is 0 Å². The molecule has 2 heteroatoms. The summed E-state index contributed by atoms with van der Waals surface area (Å²) >= 11 is 0. The number of hydrogen-bond donors (Lipinski definition) is 0. The zero-order valence-electron chi connectivity index (χ0n) is 18.5. The molecule has 2 nitrogen and oxygen atoms in total. The zero-order valence-corrected chi connectivity index (χ0v) is 18.5. The predicted molar refractivity (Wildman–Crippen MR) is 123 cm³/mol. The quantitative estimate of drug-likeness (QED) is 0.254. The lowest BCUT2D eigenvalue weighted by Crippen LogP contribution is -2.25. The predicted octanol–water partition coefficient (Wildman–Crippen LogP) is 7.71. The number of hydrogen-bond acceptors (Lipinski definition) is 2. The van der Waals surface area contributed by atoms with Crippen molar-refractivity contribution in [2.75, 3.05) is 13.2 Å². The smallest absolute Gasteiger partial charge is 0.0897 e. The van der Waals surface area contributed by atoms with Crippen molar-refractivity contribution in [3.05, 3.63) is 48.3 Å². The van der Waals surface area contributed by atoms with Crippen LogP contribution in [0.2, 0.25) is 0 Å². The maximum absolute atomic E-state index is 2.46. The first kappa shape index (κ1) is 22.8. The Morgan fingerprint density at radius 3 is 1.68 bits per heavy atom. The lowest BCUT2D eigenvalue weighted by Gasteiger charge is -2.21. The Morgan fingerprint density at radius 2 is 1.11 bits per heavy atom. The van der Waals surface area contributed by atoms with Gasteiger partial charge in [0.25, 0.3) is 0 Å². The lowest BCUT2D eigenvalue weighted by atomic mass is 10.0. The minimum atomic E-state index is 1.02. The van der Waals surface area contributed by atoms with Crippen molar-refractivity contribution in [1.82, 2.24) is 9.80 Å². The van der Waals surface area contributed by atoms with Gasteiger partial charge in [0.2, 0.25) is 0 Å². The van der Waals surface area contributed by atoms with Gasteiger partial charge in [0.1, 0.15) is 0 Å². The fourth-order valence-corrected chi connectivity index (χ4v) is 4.09. The Labute approximate surface area is 175 Å². The van der Waals surface area contributed by atoms with Crippen molar-refractivity contribution in [2.24, 2.45) is 0 Å². The van der Waals surface area contributed by atoms with Crippen molar-refractivity contribution in [1.29, 1.82) is 0 Å². The van der Waals surface area contributed by atoms with Gasteiger partial charge in [-0.15, -0.1) is 0 Å². The maximum Gasteiger partial charge on any atom is 0.0897 e. The summed E-state index contributed by atoms with van der Waals surface area (Å²) in [6.07, 6.45) is 24.6. The van der Waals surface area contributed by atoms with Crippen LogP contribution in [0.15, 0.2) is 42.7 Å². The summed E-state index contributed by atoms with van der Waals surface area (Å²) in [4.78, 5) is 4.86. The lowest BCUT2D eigenvalue weighted by molar-refractivity contribution is 0.256. The number of rotatable bonds is 17. The molecule has 2 rings (SSSR count). The summed E-state index contributed by atoms with van der Waals surface area (Å²) in [5, 5.41) is 0. The monoisotopic (exact) mass is 384 g/mol. The third kappa shape index (κ3) is 10.8. The van der Waals surface area contributed by atoms with Crippen LogP contribution in [-0.4, -0.2) is 23.0 Å². The molecule has 0 N–H and O–H groups in total. The van der Waals surface area contributed by atoms with Gasteiger partial charge in [0.05, 0.1) is 6.67 Å². The topological polar surface area (TPSA) is 6.48 Å². The first-order chi connectivity index (χ1) is 13.9. The molecule has 1 aromatic carbocycles. The Balaban J connectivity index is 1.33. The summed E-state index contributed by atoms with van der Waals surface area (Å²) in [6.45, 7) is 5.57. The molecule has 1 aliphatic rings. The molecule has 0 radical (unpaired) electrons. The van der Waals surface area contributed by atoms with Crippen LogP contribution in [0.25, 0.3) is 0 Å². The standard InChI is InChI=1S/C26H44N2/c1-2-3-4-5-6-7-8-9-10-11-12-13-14-18-21-27-22-23-28(25-27)24-26-19-16-15-17-20-26/h15-17,19-20,22-23H,2-14,18,21,24-25H2,1H3. The molecular weight excluding hydrogens is 340 g/mol. The maximum atomic E-state index is 2.46. The van der Waals surface area contributed by atoms with Gasteiger partial charge in [-0.05, 0) is 12.0 Å². The third-order valence-electron chi connectivity index (χ3n) is 5.88. The van der Waals surface area contributed by atoms with Gasteiger partial charge >= 0.3 is 0 Å². The molecule has 28 heavy (non-hydrogen) atoms. The minimum absolute atomic E-state index is 1.02. The van der Waals surface area contributed by atoms with E-state index in [-0.39, 0.29) is 0 Å². The molecule has 0 spiro atoms. The molecule has 158 valence electrons. The van der Waals surface area contributed by atoms with Crippen LogP contribution in [0, 0.1) is 0 Å². The second kappa shape index (κ2) is 15.5. The van der Waals surface area contributed by atoms with E-state index in [9.17, 15) is 0 Å². The molecule has 0 amide bonds. The highest BCUT2D eigenvalue weighted by Crippen LogP contribution is 2.15. The Hall–Kier alpha value is -1.44. The van der Waals surface area contributed by atoms with Crippen LogP contribution in [0.4, 0.5) is 0 Å². The normalized spacial score (nSPS) is 13.6. The second-order valence-electron chi connectivity index (χ2n) is 8.58. The van der Waals surface area contributed by atoms with E-state index in [1.165, 1.54) is 102 Å². The molecule has 0 atom stereocenters. The van der Waals surface area contributed by atoms with E-state index < -0.39 is 0 Å². The van der Waals surface area contributed by atoms with E-state index in [0.29, 0.717) is 0 Å². The van der Waals surface area contributed by atoms with Crippen molar-refractivity contribution >= 4 is 0 Å². The third-order valence-corrected chi connectivity index (χ3v) is 5.88. The molecule has 0 fully saturated rings. The van der Waals surface area contributed by atoms with Crippen LogP contribution in [0.5, 0.6) is 0 Å². The van der Waals surface area contributed by atoms with Gasteiger partial charge in [-0.25, -0.2) is 0 Å². The van der Waals surface area contributed by atoms with Gasteiger partial charge < -0.3 is 9.80 Å². The molecule has 0 saturated carbocycles. The number of benzene rings is 1. The van der Waals surface area contributed by atoms with E-state index in [4.69, 9.17) is 0 Å². The van der Waals surface area contributed by atoms with Crippen LogP contribution < -0.4 is 0 Å². The number of unbranched alkanes of at least 4 members (excludes halogenated alkanes) is 13. The van der Waals surface area contributed by atoms with Crippen LogP contribution in [-0.2, 0) is 6.54 Å². The zero-order chi connectivity index (χ0) is 19.7.